The molecule has 0 saturated carbocycles. The van der Waals surface area contributed by atoms with Gasteiger partial charge in [-0.15, -0.1) is 0 Å². The lowest BCUT2D eigenvalue weighted by molar-refractivity contribution is -0.299. The van der Waals surface area contributed by atoms with Gasteiger partial charge in [0.15, 0.2) is 10.8 Å². The zero-order valence-corrected chi connectivity index (χ0v) is 9.15. The molecule has 0 aliphatic heterocycles. The molecule has 0 fully saturated rings. The highest BCUT2D eigenvalue weighted by Gasteiger charge is 2.06. The molecule has 0 unspecified atom stereocenters. The molecular formula is C10H8ClN3O2. The fourth-order valence-corrected chi connectivity index (χ4v) is 1.29. The molecule has 0 aliphatic rings. The van der Waals surface area contributed by atoms with Crippen LogP contribution in [0.15, 0.2) is 29.0 Å². The third-order valence-corrected chi connectivity index (χ3v) is 2.40. The van der Waals surface area contributed by atoms with Gasteiger partial charge in [0.05, 0.1) is 11.0 Å². The summed E-state index contributed by atoms with van der Waals surface area (Å²) >= 11 is 5.97. The first-order chi connectivity index (χ1) is 7.56. The van der Waals surface area contributed by atoms with Crippen LogP contribution < -0.4 is 10.0 Å². The number of aliphatic carboxylic acids is 1. The molecule has 0 atom stereocenters. The Morgan fingerprint density at radius 2 is 2.31 bits per heavy atom. The fraction of sp³-hybridized carbons (Fsp3) is 0.100. The Bertz CT molecular complexity index is 501. The third-order valence-electron chi connectivity index (χ3n) is 1.88. The van der Waals surface area contributed by atoms with Crippen LogP contribution in [0.25, 0.3) is 6.08 Å². The average Bonchev–Trinajstić information content (AvgIpc) is 2.23. The Morgan fingerprint density at radius 3 is 2.88 bits per heavy atom. The summed E-state index contributed by atoms with van der Waals surface area (Å²) in [4.78, 5) is 13.3. The molecule has 0 aliphatic carbocycles. The van der Waals surface area contributed by atoms with Crippen LogP contribution in [0.4, 0.5) is 0 Å². The molecule has 5 nitrogen and oxygen atoms in total. The van der Waals surface area contributed by atoms with Crippen molar-refractivity contribution in [3.63, 3.8) is 0 Å². The molecule has 0 heterocycles. The number of carbonyl (C=O) groups is 1. The molecule has 1 N–H and O–H groups in total. The summed E-state index contributed by atoms with van der Waals surface area (Å²) in [5.74, 6) is -1.51. The van der Waals surface area contributed by atoms with Crippen molar-refractivity contribution in [2.45, 2.75) is 6.92 Å². The SMILES string of the molecule is Cc1cccc(/C=C(\N=[N+]=N)C(=O)[O-])c1Cl. The minimum Gasteiger partial charge on any atom is -0.543 e. The molecule has 0 bridgehead atoms. The van der Waals surface area contributed by atoms with Crippen molar-refractivity contribution in [1.29, 1.82) is 5.53 Å². The summed E-state index contributed by atoms with van der Waals surface area (Å²) in [6.45, 7) is 1.80. The smallest absolute Gasteiger partial charge is 0.220 e. The van der Waals surface area contributed by atoms with Crippen LogP contribution in [-0.4, -0.2) is 5.97 Å². The third kappa shape index (κ3) is 2.76. The molecule has 0 saturated heterocycles. The van der Waals surface area contributed by atoms with E-state index in [4.69, 9.17) is 17.1 Å². The maximum absolute atomic E-state index is 10.6. The molecule has 6 heteroatoms. The van der Waals surface area contributed by atoms with Crippen molar-refractivity contribution in [2.75, 3.05) is 0 Å². The average molecular weight is 238 g/mol. The van der Waals surface area contributed by atoms with E-state index in [1.807, 2.05) is 0 Å². The lowest BCUT2D eigenvalue weighted by Gasteiger charge is -2.02. The molecule has 1 rings (SSSR count). The number of hydrogen-bond acceptors (Lipinski definition) is 4. The van der Waals surface area contributed by atoms with Crippen molar-refractivity contribution in [1.82, 2.24) is 4.91 Å². The van der Waals surface area contributed by atoms with Gasteiger partial charge in [-0.1, -0.05) is 29.8 Å². The van der Waals surface area contributed by atoms with Gasteiger partial charge < -0.3 is 9.90 Å². The van der Waals surface area contributed by atoms with Crippen molar-refractivity contribution in [3.05, 3.63) is 40.0 Å². The molecule has 1 aromatic rings. The normalized spacial score (nSPS) is 10.8. The van der Waals surface area contributed by atoms with E-state index < -0.39 is 11.7 Å². The van der Waals surface area contributed by atoms with E-state index in [2.05, 4.69) is 10.0 Å². The van der Waals surface area contributed by atoms with E-state index in [-0.39, 0.29) is 0 Å². The molecule has 82 valence electrons. The lowest BCUT2D eigenvalue weighted by Crippen LogP contribution is -2.23. The number of nitrogens with one attached hydrogen (secondary N) is 1. The number of carboxylic acids is 1. The summed E-state index contributed by atoms with van der Waals surface area (Å²) in [7, 11) is 0. The molecule has 0 amide bonds. The highest BCUT2D eigenvalue weighted by atomic mass is 35.5. The Kier molecular flexibility index (Phi) is 3.94. The van der Waals surface area contributed by atoms with E-state index >= 15 is 0 Å². The quantitative estimate of drug-likeness (QED) is 0.488. The second-order valence-corrected chi connectivity index (χ2v) is 3.37. The van der Waals surface area contributed by atoms with Gasteiger partial charge in [-0.2, -0.15) is 0 Å². The summed E-state index contributed by atoms with van der Waals surface area (Å²) in [5, 5.41) is 14.2. The predicted octanol–water partition coefficient (Wildman–Crippen LogP) is 1.29. The molecule has 0 radical (unpaired) electrons. The minimum atomic E-state index is -1.51. The van der Waals surface area contributed by atoms with E-state index in [0.29, 0.717) is 10.6 Å². The van der Waals surface area contributed by atoms with Crippen molar-refractivity contribution in [3.8, 4) is 0 Å². The van der Waals surface area contributed by atoms with E-state index in [9.17, 15) is 9.90 Å². The van der Waals surface area contributed by atoms with Crippen LogP contribution in [0.5, 0.6) is 0 Å². The summed E-state index contributed by atoms with van der Waals surface area (Å²) < 4.78 is 0. The molecule has 1 aromatic carbocycles. The number of hydrogen-bond donors (Lipinski definition) is 1. The predicted molar refractivity (Wildman–Crippen MR) is 56.5 cm³/mol. The zero-order chi connectivity index (χ0) is 12.1. The van der Waals surface area contributed by atoms with Gasteiger partial charge in [-0.25, -0.2) is 0 Å². The molecule has 0 spiro atoms. The van der Waals surface area contributed by atoms with Crippen molar-refractivity contribution >= 4 is 23.6 Å². The summed E-state index contributed by atoms with van der Waals surface area (Å²) in [6, 6.07) is 5.17. The largest absolute Gasteiger partial charge is 0.543 e. The second-order valence-electron chi connectivity index (χ2n) is 3.00. The number of carboxylic acid groups (broad SMARTS) is 1. The van der Waals surface area contributed by atoms with Crippen LogP contribution in [0.1, 0.15) is 11.1 Å². The number of rotatable bonds is 3. The first-order valence-electron chi connectivity index (χ1n) is 4.32. The van der Waals surface area contributed by atoms with E-state index in [1.165, 1.54) is 6.08 Å². The minimum absolute atomic E-state index is 0.432. The van der Waals surface area contributed by atoms with Gasteiger partial charge in [-0.05, 0) is 24.1 Å². The highest BCUT2D eigenvalue weighted by Crippen LogP contribution is 2.22. The number of carbonyl (C=O) groups excluding carboxylic acids is 1. The standard InChI is InChI=1S/C10H8ClN3O2/c1-6-3-2-4-7(9(6)11)5-8(10(15)16)13-14-12/h2-5,12H,1H3/b8-5-. The van der Waals surface area contributed by atoms with E-state index in [0.717, 1.165) is 5.56 Å². The maximum atomic E-state index is 10.6. The maximum Gasteiger partial charge on any atom is 0.220 e. The van der Waals surface area contributed by atoms with Gasteiger partial charge in [0.1, 0.15) is 5.53 Å². The van der Waals surface area contributed by atoms with Crippen LogP contribution in [0.3, 0.4) is 0 Å². The highest BCUT2D eigenvalue weighted by molar-refractivity contribution is 6.32. The van der Waals surface area contributed by atoms with Crippen molar-refractivity contribution < 1.29 is 9.90 Å². The van der Waals surface area contributed by atoms with E-state index in [1.54, 1.807) is 25.1 Å². The molecule has 16 heavy (non-hydrogen) atoms. The topological polar surface area (TPSA) is 90.4 Å². The Hall–Kier alpha value is -1.97. The zero-order valence-electron chi connectivity index (χ0n) is 8.40. The number of nitrogens with zero attached hydrogens (tertiary/aromatic N) is 2. The number of halogens is 1. The van der Waals surface area contributed by atoms with Gasteiger partial charge >= 0.3 is 0 Å². The lowest BCUT2D eigenvalue weighted by atomic mass is 10.1. The number of aryl methyl sites for hydroxylation is 1. The Labute approximate surface area is 96.6 Å². The monoisotopic (exact) mass is 237 g/mol. The Balaban J connectivity index is 3.28. The van der Waals surface area contributed by atoms with Crippen molar-refractivity contribution in [2.24, 2.45) is 5.11 Å². The first-order valence-corrected chi connectivity index (χ1v) is 4.69. The van der Waals surface area contributed by atoms with Gasteiger partial charge in [0.2, 0.25) is 4.91 Å². The number of benzene rings is 1. The first kappa shape index (κ1) is 12.1. The van der Waals surface area contributed by atoms with Crippen LogP contribution >= 0.6 is 11.6 Å². The van der Waals surface area contributed by atoms with Gasteiger partial charge in [-0.3, -0.25) is 0 Å². The summed E-state index contributed by atoms with van der Waals surface area (Å²) in [5.41, 5.74) is 7.35. The van der Waals surface area contributed by atoms with Crippen LogP contribution in [0, 0.1) is 12.5 Å². The van der Waals surface area contributed by atoms with Gasteiger partial charge in [0.25, 0.3) is 0 Å². The Morgan fingerprint density at radius 1 is 1.62 bits per heavy atom. The van der Waals surface area contributed by atoms with Crippen LogP contribution in [0.2, 0.25) is 5.02 Å². The molecular weight excluding hydrogens is 230 g/mol. The summed E-state index contributed by atoms with van der Waals surface area (Å²) in [6.07, 6.45) is 1.21. The van der Waals surface area contributed by atoms with Gasteiger partial charge in [0, 0.05) is 0 Å². The van der Waals surface area contributed by atoms with Crippen LogP contribution in [-0.2, 0) is 4.79 Å². The second kappa shape index (κ2) is 5.21. The fourth-order valence-electron chi connectivity index (χ4n) is 1.11. The molecule has 0 aromatic heterocycles.